The van der Waals surface area contributed by atoms with Crippen LogP contribution in [0.25, 0.3) is 0 Å². The highest BCUT2D eigenvalue weighted by atomic mass is 35.5. The molecular weight excluding hydrogens is 260 g/mol. The average Bonchev–Trinajstić information content (AvgIpc) is 2.56. The molecule has 0 spiro atoms. The molecule has 104 valence electrons. The molecule has 5 rings (SSSR count). The highest BCUT2D eigenvalue weighted by Gasteiger charge is 2.60. The summed E-state index contributed by atoms with van der Waals surface area (Å²) in [4.78, 5) is 4.22. The number of halogens is 1. The molecule has 1 heterocycles. The molecule has 2 atom stereocenters. The van der Waals surface area contributed by atoms with Gasteiger partial charge in [0.2, 0.25) is 5.89 Å². The molecule has 4 aliphatic rings. The van der Waals surface area contributed by atoms with Crippen molar-refractivity contribution in [2.24, 2.45) is 22.2 Å². The summed E-state index contributed by atoms with van der Waals surface area (Å²) in [6, 6.07) is 0. The van der Waals surface area contributed by atoms with Crippen molar-refractivity contribution in [2.75, 3.05) is 0 Å². The quantitative estimate of drug-likeness (QED) is 0.812. The zero-order valence-corrected chi connectivity index (χ0v) is 12.5. The SMILES string of the molecule is CC12CC3CC(C)(C1)CC(Cc1nc(Cl)no1)(C3)C2. The number of rotatable bonds is 2. The smallest absolute Gasteiger partial charge is 0.263 e. The Labute approximate surface area is 119 Å². The topological polar surface area (TPSA) is 38.9 Å². The van der Waals surface area contributed by atoms with Gasteiger partial charge in [-0.15, -0.1) is 0 Å². The van der Waals surface area contributed by atoms with E-state index in [1.54, 1.807) is 0 Å². The minimum Gasteiger partial charge on any atom is -0.338 e. The molecule has 19 heavy (non-hydrogen) atoms. The van der Waals surface area contributed by atoms with Gasteiger partial charge in [-0.05, 0) is 77.4 Å². The van der Waals surface area contributed by atoms with E-state index in [4.69, 9.17) is 16.1 Å². The maximum absolute atomic E-state index is 5.79. The van der Waals surface area contributed by atoms with Gasteiger partial charge >= 0.3 is 0 Å². The van der Waals surface area contributed by atoms with E-state index in [1.165, 1.54) is 38.5 Å². The Hall–Kier alpha value is -0.570. The standard InChI is InChI=1S/C15H21ClN2O/c1-13-3-10-4-14(2,7-13)9-15(5-10,8-13)6-11-17-12(16)18-19-11/h10H,3-9H2,1-2H3. The molecule has 0 aliphatic heterocycles. The predicted molar refractivity (Wildman–Crippen MR) is 72.9 cm³/mol. The van der Waals surface area contributed by atoms with E-state index < -0.39 is 0 Å². The third-order valence-electron chi connectivity index (χ3n) is 5.71. The lowest BCUT2D eigenvalue weighted by Gasteiger charge is -2.65. The summed E-state index contributed by atoms with van der Waals surface area (Å²) in [5.41, 5.74) is 1.47. The molecule has 4 fully saturated rings. The molecule has 3 nitrogen and oxygen atoms in total. The Morgan fingerprint density at radius 2 is 1.84 bits per heavy atom. The van der Waals surface area contributed by atoms with Crippen molar-refractivity contribution in [3.8, 4) is 0 Å². The third kappa shape index (κ3) is 1.93. The Bertz CT molecular complexity index is 508. The molecule has 4 aliphatic carbocycles. The van der Waals surface area contributed by atoms with Crippen LogP contribution in [0.4, 0.5) is 0 Å². The summed E-state index contributed by atoms with van der Waals surface area (Å²) >= 11 is 5.79. The normalized spacial score (nSPS) is 47.8. The van der Waals surface area contributed by atoms with Gasteiger partial charge in [-0.25, -0.2) is 0 Å². The molecular formula is C15H21ClN2O. The van der Waals surface area contributed by atoms with Crippen LogP contribution in [-0.4, -0.2) is 10.1 Å². The van der Waals surface area contributed by atoms with Gasteiger partial charge in [-0.3, -0.25) is 0 Å². The molecule has 4 heteroatoms. The maximum atomic E-state index is 5.79. The summed E-state index contributed by atoms with van der Waals surface area (Å²) in [5.74, 6) is 1.64. The minimum atomic E-state index is 0.247. The van der Waals surface area contributed by atoms with E-state index in [-0.39, 0.29) is 5.28 Å². The molecule has 1 aromatic heterocycles. The Morgan fingerprint density at radius 1 is 1.16 bits per heavy atom. The number of hydrogen-bond acceptors (Lipinski definition) is 3. The maximum Gasteiger partial charge on any atom is 0.263 e. The highest BCUT2D eigenvalue weighted by molar-refractivity contribution is 6.28. The predicted octanol–water partition coefficient (Wildman–Crippen LogP) is 4.26. The summed E-state index contributed by atoms with van der Waals surface area (Å²) in [5, 5.41) is 3.98. The molecule has 2 unspecified atom stereocenters. The second-order valence-corrected chi connectivity index (χ2v) is 8.60. The fourth-order valence-corrected chi connectivity index (χ4v) is 6.64. The van der Waals surface area contributed by atoms with Crippen molar-refractivity contribution >= 4 is 11.6 Å². The van der Waals surface area contributed by atoms with Crippen LogP contribution in [0.2, 0.25) is 5.28 Å². The zero-order chi connectivity index (χ0) is 13.3. The van der Waals surface area contributed by atoms with Crippen molar-refractivity contribution in [3.05, 3.63) is 11.2 Å². The van der Waals surface area contributed by atoms with E-state index in [9.17, 15) is 0 Å². The van der Waals surface area contributed by atoms with Crippen LogP contribution in [-0.2, 0) is 6.42 Å². The molecule has 1 aromatic rings. The van der Waals surface area contributed by atoms with Gasteiger partial charge in [0.05, 0.1) is 0 Å². The van der Waals surface area contributed by atoms with Gasteiger partial charge in [0.25, 0.3) is 5.28 Å². The lowest BCUT2D eigenvalue weighted by molar-refractivity contribution is -0.146. The summed E-state index contributed by atoms with van der Waals surface area (Å²) in [6.07, 6.45) is 9.18. The molecule has 0 amide bonds. The molecule has 4 bridgehead atoms. The van der Waals surface area contributed by atoms with Crippen LogP contribution in [0, 0.1) is 22.2 Å². The van der Waals surface area contributed by atoms with E-state index in [2.05, 4.69) is 24.0 Å². The average molecular weight is 281 g/mol. The molecule has 0 N–H and O–H groups in total. The van der Waals surface area contributed by atoms with Crippen molar-refractivity contribution < 1.29 is 4.52 Å². The Balaban J connectivity index is 1.67. The largest absolute Gasteiger partial charge is 0.338 e. The fourth-order valence-electron chi connectivity index (χ4n) is 6.51. The van der Waals surface area contributed by atoms with Crippen LogP contribution < -0.4 is 0 Å². The van der Waals surface area contributed by atoms with Crippen molar-refractivity contribution in [1.82, 2.24) is 10.1 Å². The monoisotopic (exact) mass is 280 g/mol. The lowest BCUT2D eigenvalue weighted by atomic mass is 9.40. The van der Waals surface area contributed by atoms with Gasteiger partial charge in [0.15, 0.2) is 0 Å². The highest BCUT2D eigenvalue weighted by Crippen LogP contribution is 2.70. The van der Waals surface area contributed by atoms with Crippen LogP contribution in [0.15, 0.2) is 4.52 Å². The first kappa shape index (κ1) is 12.2. The Morgan fingerprint density at radius 3 is 2.37 bits per heavy atom. The molecule has 0 aromatic carbocycles. The van der Waals surface area contributed by atoms with Crippen LogP contribution in [0.5, 0.6) is 0 Å². The van der Waals surface area contributed by atoms with Crippen LogP contribution in [0.1, 0.15) is 58.3 Å². The number of nitrogens with zero attached hydrogens (tertiary/aromatic N) is 2. The van der Waals surface area contributed by atoms with Crippen LogP contribution >= 0.6 is 11.6 Å². The van der Waals surface area contributed by atoms with Crippen molar-refractivity contribution in [1.29, 1.82) is 0 Å². The van der Waals surface area contributed by atoms with E-state index >= 15 is 0 Å². The Kier molecular flexibility index (Phi) is 2.27. The first-order valence-corrected chi connectivity index (χ1v) is 7.74. The second-order valence-electron chi connectivity index (χ2n) is 8.26. The first-order valence-electron chi connectivity index (χ1n) is 7.36. The summed E-state index contributed by atoms with van der Waals surface area (Å²) in [6.45, 7) is 4.98. The van der Waals surface area contributed by atoms with E-state index in [0.717, 1.165) is 18.2 Å². The fraction of sp³-hybridized carbons (Fsp3) is 0.867. The summed E-state index contributed by atoms with van der Waals surface area (Å²) in [7, 11) is 0. The van der Waals surface area contributed by atoms with Gasteiger partial charge < -0.3 is 4.52 Å². The number of aromatic nitrogens is 2. The van der Waals surface area contributed by atoms with Gasteiger partial charge in [-0.2, -0.15) is 4.98 Å². The molecule has 0 saturated heterocycles. The summed E-state index contributed by atoms with van der Waals surface area (Å²) < 4.78 is 5.28. The van der Waals surface area contributed by atoms with Crippen molar-refractivity contribution in [3.63, 3.8) is 0 Å². The van der Waals surface area contributed by atoms with Crippen LogP contribution in [0.3, 0.4) is 0 Å². The number of hydrogen-bond donors (Lipinski definition) is 0. The third-order valence-corrected chi connectivity index (χ3v) is 5.86. The molecule has 0 radical (unpaired) electrons. The van der Waals surface area contributed by atoms with E-state index in [1.807, 2.05) is 0 Å². The van der Waals surface area contributed by atoms with Crippen molar-refractivity contribution in [2.45, 2.75) is 58.8 Å². The lowest BCUT2D eigenvalue weighted by Crippen LogP contribution is -2.55. The van der Waals surface area contributed by atoms with Gasteiger partial charge in [-0.1, -0.05) is 13.8 Å². The van der Waals surface area contributed by atoms with Gasteiger partial charge in [0.1, 0.15) is 0 Å². The first-order chi connectivity index (χ1) is 8.88. The zero-order valence-electron chi connectivity index (χ0n) is 11.7. The second kappa shape index (κ2) is 3.55. The van der Waals surface area contributed by atoms with E-state index in [0.29, 0.717) is 16.2 Å². The minimum absolute atomic E-state index is 0.247. The van der Waals surface area contributed by atoms with Gasteiger partial charge in [0, 0.05) is 6.42 Å². The molecule has 4 saturated carbocycles.